The number of aliphatic hydroxyl groups excluding tert-OH is 17. The number of ether oxygens (including phenoxy) is 9. The third-order valence-corrected chi connectivity index (χ3v) is 10.3. The molecule has 0 saturated carbocycles. The molecule has 26 nitrogen and oxygen atoms in total. The van der Waals surface area contributed by atoms with Crippen molar-refractivity contribution >= 4 is 0 Å². The van der Waals surface area contributed by atoms with E-state index in [1.165, 1.54) is 0 Å². The van der Waals surface area contributed by atoms with Gasteiger partial charge in [0, 0.05) is 0 Å². The smallest absolute Gasteiger partial charge is 0.189 e. The van der Waals surface area contributed by atoms with Gasteiger partial charge >= 0.3 is 0 Å². The molecule has 0 aromatic carbocycles. The molecule has 17 N–H and O–H groups in total. The normalized spacial score (nSPS) is 53.2. The van der Waals surface area contributed by atoms with E-state index in [0.29, 0.717) is 0 Å². The van der Waals surface area contributed by atoms with Crippen molar-refractivity contribution in [2.24, 2.45) is 0 Å². The van der Waals surface area contributed by atoms with Gasteiger partial charge in [-0.3, -0.25) is 0 Å². The van der Waals surface area contributed by atoms with Gasteiger partial charge in [-0.15, -0.1) is 0 Å². The summed E-state index contributed by atoms with van der Waals surface area (Å²) in [6.45, 7) is -4.48. The van der Waals surface area contributed by atoms with Crippen molar-refractivity contribution in [3.8, 4) is 0 Å². The molecule has 5 fully saturated rings. The maximum Gasteiger partial charge on any atom is 0.189 e. The molecule has 5 heterocycles. The molecule has 328 valence electrons. The van der Waals surface area contributed by atoms with Crippen molar-refractivity contribution in [1.29, 1.82) is 0 Å². The summed E-state index contributed by atoms with van der Waals surface area (Å²) in [6.07, 6.45) is -45.8. The van der Waals surface area contributed by atoms with Crippen LogP contribution in [0.1, 0.15) is 0 Å². The molecule has 5 aliphatic heterocycles. The molecule has 56 heavy (non-hydrogen) atoms. The lowest BCUT2D eigenvalue weighted by atomic mass is 9.95. The van der Waals surface area contributed by atoms with Gasteiger partial charge in [-0.25, -0.2) is 0 Å². The molecule has 26 heteroatoms. The first-order chi connectivity index (χ1) is 26.5. The van der Waals surface area contributed by atoms with Crippen LogP contribution in [-0.2, 0) is 42.6 Å². The molecular weight excluding hydrogens is 776 g/mol. The van der Waals surface area contributed by atoms with E-state index in [1.54, 1.807) is 0 Å². The molecule has 0 aromatic rings. The second kappa shape index (κ2) is 19.6. The van der Waals surface area contributed by atoms with Gasteiger partial charge in [0.05, 0.1) is 33.0 Å². The zero-order valence-electron chi connectivity index (χ0n) is 29.2. The highest BCUT2D eigenvalue weighted by Gasteiger charge is 2.56. The first kappa shape index (κ1) is 46.0. The number of aliphatic hydroxyl groups is 17. The fourth-order valence-electron chi connectivity index (χ4n) is 6.96. The van der Waals surface area contributed by atoms with Crippen molar-refractivity contribution in [1.82, 2.24) is 0 Å². The van der Waals surface area contributed by atoms with Crippen LogP contribution in [0.5, 0.6) is 0 Å². The Morgan fingerprint density at radius 2 is 0.464 bits per heavy atom. The van der Waals surface area contributed by atoms with E-state index in [0.717, 1.165) is 0 Å². The molecule has 0 amide bonds. The second-order valence-corrected chi connectivity index (χ2v) is 14.0. The standard InChI is InChI=1S/C30H52O26/c31-1-6-11(36)13(38)18(43)26(48-6)53-23-8(3-33)50-27(20(45)15(23)40)54-24-9(4-34)51-28(21(46)16(24)41)55-25-10(5-35)52-30(22(47)17(25)42)56-29-19(44)14(39)12(37)7(2-32)49-29/h6-47H,1-5H2/t6-,7-,8-,9-,10-,11-,12-,13+,14+,15-,16-,17-,18-,19-,20-,21-,22-,23-,24-,25-,26-,27-,28-,29-,30-/m1/s1. The van der Waals surface area contributed by atoms with Gasteiger partial charge in [0.1, 0.15) is 122 Å². The highest BCUT2D eigenvalue weighted by molar-refractivity contribution is 4.98. The van der Waals surface area contributed by atoms with Crippen molar-refractivity contribution in [3.63, 3.8) is 0 Å². The molecule has 0 bridgehead atoms. The fraction of sp³-hybridized carbons (Fsp3) is 1.00. The maximum atomic E-state index is 11.1. The summed E-state index contributed by atoms with van der Waals surface area (Å²) >= 11 is 0. The molecule has 0 aromatic heterocycles. The molecule has 5 aliphatic rings. The van der Waals surface area contributed by atoms with Crippen LogP contribution in [0.3, 0.4) is 0 Å². The number of hydrogen-bond donors (Lipinski definition) is 17. The average molecular weight is 829 g/mol. The Labute approximate surface area is 316 Å². The van der Waals surface area contributed by atoms with Gasteiger partial charge in [0.25, 0.3) is 0 Å². The topological polar surface area (TPSA) is 427 Å². The Morgan fingerprint density at radius 1 is 0.250 bits per heavy atom. The monoisotopic (exact) mass is 828 g/mol. The molecule has 5 rings (SSSR count). The molecule has 0 unspecified atom stereocenters. The lowest BCUT2D eigenvalue weighted by Gasteiger charge is -2.49. The largest absolute Gasteiger partial charge is 0.394 e. The van der Waals surface area contributed by atoms with Crippen LogP contribution in [0.4, 0.5) is 0 Å². The van der Waals surface area contributed by atoms with Gasteiger partial charge in [-0.2, -0.15) is 0 Å². The second-order valence-electron chi connectivity index (χ2n) is 14.0. The van der Waals surface area contributed by atoms with E-state index in [1.807, 2.05) is 0 Å². The molecule has 0 radical (unpaired) electrons. The Balaban J connectivity index is 1.22. The van der Waals surface area contributed by atoms with Crippen LogP contribution >= 0.6 is 0 Å². The van der Waals surface area contributed by atoms with E-state index in [2.05, 4.69) is 0 Å². The minimum absolute atomic E-state index is 0.809. The van der Waals surface area contributed by atoms with Gasteiger partial charge in [0.15, 0.2) is 31.5 Å². The summed E-state index contributed by atoms with van der Waals surface area (Å²) in [5, 5.41) is 175. The van der Waals surface area contributed by atoms with Crippen LogP contribution < -0.4 is 0 Å². The highest BCUT2D eigenvalue weighted by atomic mass is 16.8. The average Bonchev–Trinajstić information content (AvgIpc) is 3.19. The first-order valence-corrected chi connectivity index (χ1v) is 17.6. The Hall–Kier alpha value is -1.04. The summed E-state index contributed by atoms with van der Waals surface area (Å²) in [5.74, 6) is 0. The molecular formula is C30H52O26. The molecule has 0 aliphatic carbocycles. The van der Waals surface area contributed by atoms with Gasteiger partial charge < -0.3 is 129 Å². The van der Waals surface area contributed by atoms with E-state index in [-0.39, 0.29) is 0 Å². The fourth-order valence-corrected chi connectivity index (χ4v) is 6.96. The summed E-state index contributed by atoms with van der Waals surface area (Å²) in [6, 6.07) is 0. The van der Waals surface area contributed by atoms with Crippen LogP contribution in [0.25, 0.3) is 0 Å². The third-order valence-electron chi connectivity index (χ3n) is 10.3. The molecule has 5 saturated heterocycles. The van der Waals surface area contributed by atoms with Crippen molar-refractivity contribution in [3.05, 3.63) is 0 Å². The zero-order chi connectivity index (χ0) is 41.3. The van der Waals surface area contributed by atoms with Crippen LogP contribution in [0.2, 0.25) is 0 Å². The summed E-state index contributed by atoms with van der Waals surface area (Å²) in [7, 11) is 0. The SMILES string of the molecule is OC[C@H]1O[C@H](O[C@H]2O[C@H](CO)[C@@H](O[C@H]3O[C@H](CO)[C@@H](O[C@H]4O[C@H](CO)[C@@H](O[C@H]5O[C@H](CO)[C@@H](O)[C@H](O)[C@H]5O)[C@H](O)[C@H]4O)[C@H](O)[C@H]3O)[C@H](O)[C@H]2O)[C@H](O)[C@@H](O)[C@@H]1O. The predicted molar refractivity (Wildman–Crippen MR) is 167 cm³/mol. The number of rotatable bonds is 13. The Morgan fingerprint density at radius 3 is 0.714 bits per heavy atom. The minimum Gasteiger partial charge on any atom is -0.394 e. The van der Waals surface area contributed by atoms with Crippen LogP contribution in [-0.4, -0.2) is 273 Å². The van der Waals surface area contributed by atoms with Crippen molar-refractivity contribution in [2.75, 3.05) is 33.0 Å². The summed E-state index contributed by atoms with van der Waals surface area (Å²) in [5.41, 5.74) is 0. The number of hydrogen-bond acceptors (Lipinski definition) is 26. The quantitative estimate of drug-likeness (QED) is 0.0819. The maximum absolute atomic E-state index is 11.1. The van der Waals surface area contributed by atoms with Gasteiger partial charge in [0.2, 0.25) is 0 Å². The van der Waals surface area contributed by atoms with E-state index < -0.39 is 187 Å². The Bertz CT molecular complexity index is 1200. The summed E-state index contributed by atoms with van der Waals surface area (Å²) in [4.78, 5) is 0. The van der Waals surface area contributed by atoms with Crippen molar-refractivity contribution < 1.29 is 129 Å². The first-order valence-electron chi connectivity index (χ1n) is 17.6. The van der Waals surface area contributed by atoms with Crippen molar-refractivity contribution in [2.45, 2.75) is 154 Å². The molecule has 0 spiro atoms. The summed E-state index contributed by atoms with van der Waals surface area (Å²) < 4.78 is 49.1. The van der Waals surface area contributed by atoms with E-state index in [4.69, 9.17) is 42.6 Å². The van der Waals surface area contributed by atoms with Gasteiger partial charge in [-0.1, -0.05) is 0 Å². The zero-order valence-corrected chi connectivity index (χ0v) is 29.2. The Kier molecular flexibility index (Phi) is 16.1. The van der Waals surface area contributed by atoms with Crippen LogP contribution in [0, 0.1) is 0 Å². The molecule has 25 atom stereocenters. The lowest BCUT2D eigenvalue weighted by molar-refractivity contribution is -0.399. The van der Waals surface area contributed by atoms with E-state index >= 15 is 0 Å². The highest BCUT2D eigenvalue weighted by Crippen LogP contribution is 2.35. The lowest BCUT2D eigenvalue weighted by Crippen LogP contribution is -2.68. The minimum atomic E-state index is -2.11. The van der Waals surface area contributed by atoms with Crippen LogP contribution in [0.15, 0.2) is 0 Å². The predicted octanol–water partition coefficient (Wildman–Crippen LogP) is -11.9. The van der Waals surface area contributed by atoms with Gasteiger partial charge in [-0.05, 0) is 0 Å². The third kappa shape index (κ3) is 9.16. The van der Waals surface area contributed by atoms with E-state index in [9.17, 15) is 86.8 Å².